The van der Waals surface area contributed by atoms with Crippen molar-refractivity contribution in [2.75, 3.05) is 11.9 Å². The summed E-state index contributed by atoms with van der Waals surface area (Å²) in [5.41, 5.74) is 6.11. The van der Waals surface area contributed by atoms with Crippen LogP contribution in [-0.2, 0) is 6.54 Å². The summed E-state index contributed by atoms with van der Waals surface area (Å²) >= 11 is 0. The van der Waals surface area contributed by atoms with Crippen molar-refractivity contribution in [3.05, 3.63) is 47.9 Å². The van der Waals surface area contributed by atoms with Gasteiger partial charge in [-0.2, -0.15) is 0 Å². The predicted octanol–water partition coefficient (Wildman–Crippen LogP) is 3.03. The number of ether oxygens (including phenoxy) is 1. The molecule has 0 saturated carbocycles. The second-order valence-electron chi connectivity index (χ2n) is 5.16. The molecule has 0 unspecified atom stereocenters. The first kappa shape index (κ1) is 15.1. The number of furan rings is 1. The van der Waals surface area contributed by atoms with E-state index in [0.717, 1.165) is 5.75 Å². The molecule has 1 aromatic carbocycles. The van der Waals surface area contributed by atoms with E-state index in [1.165, 1.54) is 0 Å². The fourth-order valence-corrected chi connectivity index (χ4v) is 1.73. The van der Waals surface area contributed by atoms with Crippen LogP contribution in [0, 0.1) is 5.92 Å². The Labute approximate surface area is 124 Å². The largest absolute Gasteiger partial charge is 0.493 e. The van der Waals surface area contributed by atoms with E-state index in [1.807, 2.05) is 12.1 Å². The van der Waals surface area contributed by atoms with E-state index in [2.05, 4.69) is 19.2 Å². The molecule has 1 amide bonds. The highest BCUT2D eigenvalue weighted by Crippen LogP contribution is 2.19. The third-order valence-electron chi connectivity index (χ3n) is 2.76. The van der Waals surface area contributed by atoms with E-state index in [0.29, 0.717) is 24.0 Å². The highest BCUT2D eigenvalue weighted by Gasteiger charge is 2.11. The zero-order chi connectivity index (χ0) is 15.2. The van der Waals surface area contributed by atoms with Crippen molar-refractivity contribution in [3.63, 3.8) is 0 Å². The fraction of sp³-hybridized carbons (Fsp3) is 0.312. The lowest BCUT2D eigenvalue weighted by Crippen LogP contribution is -2.11. The third-order valence-corrected chi connectivity index (χ3v) is 2.76. The number of nitrogens with two attached hydrogens (primary N) is 1. The Morgan fingerprint density at radius 3 is 2.81 bits per heavy atom. The van der Waals surface area contributed by atoms with E-state index in [9.17, 15) is 4.79 Å². The van der Waals surface area contributed by atoms with Crippen molar-refractivity contribution in [1.29, 1.82) is 0 Å². The van der Waals surface area contributed by atoms with Crippen molar-refractivity contribution in [1.82, 2.24) is 0 Å². The molecule has 21 heavy (non-hydrogen) atoms. The molecule has 0 aliphatic heterocycles. The molecule has 0 fully saturated rings. The van der Waals surface area contributed by atoms with Crippen LogP contribution < -0.4 is 15.8 Å². The number of hydrogen-bond donors (Lipinski definition) is 2. The molecule has 1 aromatic heterocycles. The zero-order valence-electron chi connectivity index (χ0n) is 12.3. The van der Waals surface area contributed by atoms with Gasteiger partial charge in [0, 0.05) is 11.8 Å². The summed E-state index contributed by atoms with van der Waals surface area (Å²) < 4.78 is 10.9. The Morgan fingerprint density at radius 2 is 2.14 bits per heavy atom. The maximum Gasteiger partial charge on any atom is 0.291 e. The zero-order valence-corrected chi connectivity index (χ0v) is 12.3. The van der Waals surface area contributed by atoms with Crippen LogP contribution in [0.1, 0.15) is 30.2 Å². The molecule has 2 rings (SSSR count). The van der Waals surface area contributed by atoms with E-state index >= 15 is 0 Å². The summed E-state index contributed by atoms with van der Waals surface area (Å²) in [5, 5.41) is 2.77. The summed E-state index contributed by atoms with van der Waals surface area (Å²) in [5.74, 6) is 1.68. The second-order valence-corrected chi connectivity index (χ2v) is 5.16. The lowest BCUT2D eigenvalue weighted by atomic mass is 10.2. The Kier molecular flexibility index (Phi) is 5.00. The molecule has 5 nitrogen and oxygen atoms in total. The lowest BCUT2D eigenvalue weighted by Gasteiger charge is -2.10. The molecular weight excluding hydrogens is 268 g/mol. The summed E-state index contributed by atoms with van der Waals surface area (Å²) in [6.07, 6.45) is 0. The van der Waals surface area contributed by atoms with Crippen molar-refractivity contribution < 1.29 is 13.9 Å². The first-order valence-electron chi connectivity index (χ1n) is 6.91. The van der Waals surface area contributed by atoms with Crippen LogP contribution in [-0.4, -0.2) is 12.5 Å². The number of carbonyl (C=O) groups excluding carboxylic acids is 1. The Bertz CT molecular complexity index is 605. The van der Waals surface area contributed by atoms with Gasteiger partial charge >= 0.3 is 0 Å². The monoisotopic (exact) mass is 288 g/mol. The van der Waals surface area contributed by atoms with Crippen molar-refractivity contribution in [2.45, 2.75) is 20.4 Å². The topological polar surface area (TPSA) is 77.5 Å². The van der Waals surface area contributed by atoms with Crippen LogP contribution >= 0.6 is 0 Å². The molecule has 2 aromatic rings. The predicted molar refractivity (Wildman–Crippen MR) is 81.3 cm³/mol. The molecule has 0 aliphatic carbocycles. The number of anilines is 1. The van der Waals surface area contributed by atoms with Gasteiger partial charge in [-0.1, -0.05) is 19.9 Å². The lowest BCUT2D eigenvalue weighted by molar-refractivity contribution is 0.0995. The highest BCUT2D eigenvalue weighted by molar-refractivity contribution is 6.02. The number of hydrogen-bond acceptors (Lipinski definition) is 4. The van der Waals surface area contributed by atoms with E-state index in [1.54, 1.807) is 24.3 Å². The molecule has 0 spiro atoms. The van der Waals surface area contributed by atoms with Crippen LogP contribution in [0.15, 0.2) is 40.8 Å². The average molecular weight is 288 g/mol. The number of benzene rings is 1. The van der Waals surface area contributed by atoms with Gasteiger partial charge in [0.2, 0.25) is 0 Å². The van der Waals surface area contributed by atoms with Crippen LogP contribution in [0.2, 0.25) is 0 Å². The van der Waals surface area contributed by atoms with E-state index in [-0.39, 0.29) is 18.2 Å². The Morgan fingerprint density at radius 1 is 1.33 bits per heavy atom. The molecule has 0 bridgehead atoms. The summed E-state index contributed by atoms with van der Waals surface area (Å²) in [6, 6.07) is 10.6. The Balaban J connectivity index is 2.01. The van der Waals surface area contributed by atoms with Crippen molar-refractivity contribution in [3.8, 4) is 5.75 Å². The fourth-order valence-electron chi connectivity index (χ4n) is 1.73. The van der Waals surface area contributed by atoms with Crippen LogP contribution in [0.25, 0.3) is 0 Å². The quantitative estimate of drug-likeness (QED) is 0.856. The minimum atomic E-state index is -0.310. The molecule has 0 saturated heterocycles. The van der Waals surface area contributed by atoms with Gasteiger partial charge < -0.3 is 20.2 Å². The van der Waals surface area contributed by atoms with Gasteiger partial charge in [0.25, 0.3) is 5.91 Å². The first-order chi connectivity index (χ1) is 10.1. The van der Waals surface area contributed by atoms with E-state index < -0.39 is 0 Å². The maximum absolute atomic E-state index is 12.0. The molecule has 3 N–H and O–H groups in total. The van der Waals surface area contributed by atoms with Crippen LogP contribution in [0.4, 0.5) is 5.69 Å². The minimum Gasteiger partial charge on any atom is -0.493 e. The minimum absolute atomic E-state index is 0.240. The average Bonchev–Trinajstić information content (AvgIpc) is 2.94. The SMILES string of the molecule is CC(C)COc1cccc(NC(=O)c2ccc(CN)o2)c1. The van der Waals surface area contributed by atoms with Gasteiger partial charge in [0.15, 0.2) is 5.76 Å². The maximum atomic E-state index is 12.0. The van der Waals surface area contributed by atoms with Gasteiger partial charge in [0.05, 0.1) is 13.2 Å². The first-order valence-corrected chi connectivity index (χ1v) is 6.91. The van der Waals surface area contributed by atoms with Gasteiger partial charge in [-0.05, 0) is 30.2 Å². The molecular formula is C16H20N2O3. The number of amides is 1. The molecule has 5 heteroatoms. The highest BCUT2D eigenvalue weighted by atomic mass is 16.5. The Hall–Kier alpha value is -2.27. The standard InChI is InChI=1S/C16H20N2O3/c1-11(2)10-20-13-5-3-4-12(8-13)18-16(19)15-7-6-14(9-17)21-15/h3-8,11H,9-10,17H2,1-2H3,(H,18,19). The number of rotatable bonds is 6. The summed E-state index contributed by atoms with van der Waals surface area (Å²) in [6.45, 7) is 5.07. The summed E-state index contributed by atoms with van der Waals surface area (Å²) in [7, 11) is 0. The second kappa shape index (κ2) is 6.95. The van der Waals surface area contributed by atoms with Crippen LogP contribution in [0.5, 0.6) is 5.75 Å². The van der Waals surface area contributed by atoms with Gasteiger partial charge in [-0.25, -0.2) is 0 Å². The van der Waals surface area contributed by atoms with Gasteiger partial charge in [-0.15, -0.1) is 0 Å². The summed E-state index contributed by atoms with van der Waals surface area (Å²) in [4.78, 5) is 12.0. The van der Waals surface area contributed by atoms with Gasteiger partial charge in [0.1, 0.15) is 11.5 Å². The molecule has 112 valence electrons. The smallest absolute Gasteiger partial charge is 0.291 e. The molecule has 0 atom stereocenters. The third kappa shape index (κ3) is 4.36. The normalized spacial score (nSPS) is 10.7. The molecule has 0 aliphatic rings. The van der Waals surface area contributed by atoms with Crippen molar-refractivity contribution in [2.24, 2.45) is 11.7 Å². The van der Waals surface area contributed by atoms with Gasteiger partial charge in [-0.3, -0.25) is 4.79 Å². The number of nitrogens with one attached hydrogen (secondary N) is 1. The number of carbonyl (C=O) groups is 1. The molecule has 0 radical (unpaired) electrons. The molecule has 1 heterocycles. The van der Waals surface area contributed by atoms with Crippen LogP contribution in [0.3, 0.4) is 0 Å². The van der Waals surface area contributed by atoms with E-state index in [4.69, 9.17) is 14.9 Å². The van der Waals surface area contributed by atoms with Crippen molar-refractivity contribution >= 4 is 11.6 Å².